The Bertz CT molecular complexity index is 629. The van der Waals surface area contributed by atoms with Gasteiger partial charge in [0.15, 0.2) is 0 Å². The number of likely N-dealkylation sites (N-methyl/N-ethyl adjacent to an activating group) is 1. The van der Waals surface area contributed by atoms with Gasteiger partial charge in [-0.1, -0.05) is 48.0 Å². The smallest absolute Gasteiger partial charge is 0.0110 e. The van der Waals surface area contributed by atoms with Crippen molar-refractivity contribution >= 4 is 0 Å². The summed E-state index contributed by atoms with van der Waals surface area (Å²) in [5, 5.41) is 3.53. The molecule has 1 heteroatoms. The largest absolute Gasteiger partial charge is 0.317 e. The zero-order valence-corrected chi connectivity index (χ0v) is 13.3. The molecule has 0 radical (unpaired) electrons. The molecule has 0 saturated heterocycles. The zero-order valence-electron chi connectivity index (χ0n) is 13.3. The van der Waals surface area contributed by atoms with Crippen molar-refractivity contribution in [1.82, 2.24) is 5.32 Å². The van der Waals surface area contributed by atoms with Crippen LogP contribution in [0.5, 0.6) is 0 Å². The normalized spacial score (nSPS) is 18.0. The lowest BCUT2D eigenvalue weighted by atomic mass is 9.74. The molecule has 0 aliphatic heterocycles. The molecule has 0 spiro atoms. The molecule has 0 amide bonds. The molecule has 110 valence electrons. The van der Waals surface area contributed by atoms with Gasteiger partial charge in [0.1, 0.15) is 0 Å². The summed E-state index contributed by atoms with van der Waals surface area (Å²) in [6.45, 7) is 4.40. The minimum Gasteiger partial charge on any atom is -0.317 e. The molecule has 21 heavy (non-hydrogen) atoms. The summed E-state index contributed by atoms with van der Waals surface area (Å²) in [5.41, 5.74) is 7.37. The fourth-order valence-corrected chi connectivity index (χ4v) is 3.51. The fraction of sp³-hybridized carbons (Fsp3) is 0.400. The number of hydrogen-bond acceptors (Lipinski definition) is 1. The summed E-state index contributed by atoms with van der Waals surface area (Å²) in [4.78, 5) is 0. The van der Waals surface area contributed by atoms with Crippen LogP contribution < -0.4 is 5.32 Å². The SMILES string of the molecule is CNC(Cc1cc(C)ccc1C)CC1Cc2ccccc21. The van der Waals surface area contributed by atoms with Gasteiger partial charge in [0.05, 0.1) is 0 Å². The Kier molecular flexibility index (Phi) is 4.12. The van der Waals surface area contributed by atoms with Crippen LogP contribution in [0.4, 0.5) is 0 Å². The van der Waals surface area contributed by atoms with E-state index in [1.54, 1.807) is 11.1 Å². The molecule has 0 bridgehead atoms. The van der Waals surface area contributed by atoms with Crippen LogP contribution >= 0.6 is 0 Å². The van der Waals surface area contributed by atoms with Gasteiger partial charge in [0.2, 0.25) is 0 Å². The van der Waals surface area contributed by atoms with Gasteiger partial charge in [0, 0.05) is 6.04 Å². The molecular formula is C20H25N. The second-order valence-electron chi connectivity index (χ2n) is 6.46. The molecule has 0 saturated carbocycles. The van der Waals surface area contributed by atoms with E-state index in [0.29, 0.717) is 6.04 Å². The van der Waals surface area contributed by atoms with E-state index in [0.717, 1.165) is 12.3 Å². The van der Waals surface area contributed by atoms with Crippen molar-refractivity contribution in [1.29, 1.82) is 0 Å². The zero-order chi connectivity index (χ0) is 14.8. The van der Waals surface area contributed by atoms with Crippen molar-refractivity contribution in [2.45, 2.75) is 45.1 Å². The standard InChI is InChI=1S/C20H25N/c1-14-8-9-15(2)17(10-14)12-19(21-3)13-18-11-16-6-4-5-7-20(16)18/h4-10,18-19,21H,11-13H2,1-3H3. The Hall–Kier alpha value is -1.60. The Morgan fingerprint density at radius 2 is 1.95 bits per heavy atom. The molecule has 1 nitrogen and oxygen atoms in total. The van der Waals surface area contributed by atoms with Crippen LogP contribution in [0, 0.1) is 13.8 Å². The van der Waals surface area contributed by atoms with Gasteiger partial charge in [-0.2, -0.15) is 0 Å². The molecule has 2 atom stereocenters. The molecular weight excluding hydrogens is 254 g/mol. The van der Waals surface area contributed by atoms with E-state index in [4.69, 9.17) is 0 Å². The number of rotatable bonds is 5. The van der Waals surface area contributed by atoms with E-state index in [1.165, 1.54) is 29.5 Å². The van der Waals surface area contributed by atoms with Crippen molar-refractivity contribution in [3.05, 3.63) is 70.3 Å². The highest BCUT2D eigenvalue weighted by molar-refractivity contribution is 5.40. The molecule has 0 heterocycles. The molecule has 0 aromatic heterocycles. The summed E-state index contributed by atoms with van der Waals surface area (Å²) < 4.78 is 0. The highest BCUT2D eigenvalue weighted by Crippen LogP contribution is 2.38. The third-order valence-electron chi connectivity index (χ3n) is 4.91. The summed E-state index contributed by atoms with van der Waals surface area (Å²) in [6, 6.07) is 16.2. The van der Waals surface area contributed by atoms with Crippen LogP contribution in [0.25, 0.3) is 0 Å². The molecule has 1 N–H and O–H groups in total. The number of nitrogens with one attached hydrogen (secondary N) is 1. The van der Waals surface area contributed by atoms with Gasteiger partial charge < -0.3 is 5.32 Å². The number of hydrogen-bond donors (Lipinski definition) is 1. The van der Waals surface area contributed by atoms with Crippen LogP contribution in [0.2, 0.25) is 0 Å². The number of aryl methyl sites for hydroxylation is 2. The third kappa shape index (κ3) is 3.03. The maximum atomic E-state index is 3.53. The first-order valence-corrected chi connectivity index (χ1v) is 7.98. The Balaban J connectivity index is 1.68. The van der Waals surface area contributed by atoms with E-state index >= 15 is 0 Å². The lowest BCUT2D eigenvalue weighted by molar-refractivity contribution is 0.437. The van der Waals surface area contributed by atoms with E-state index in [-0.39, 0.29) is 0 Å². The first-order valence-electron chi connectivity index (χ1n) is 7.98. The first kappa shape index (κ1) is 14.3. The monoisotopic (exact) mass is 279 g/mol. The van der Waals surface area contributed by atoms with Crippen LogP contribution in [0.15, 0.2) is 42.5 Å². The van der Waals surface area contributed by atoms with Gasteiger partial charge in [-0.25, -0.2) is 0 Å². The van der Waals surface area contributed by atoms with Crippen LogP contribution in [0.1, 0.15) is 40.2 Å². The Labute approximate surface area is 128 Å². The van der Waals surface area contributed by atoms with Gasteiger partial charge >= 0.3 is 0 Å². The van der Waals surface area contributed by atoms with Crippen LogP contribution in [-0.2, 0) is 12.8 Å². The quantitative estimate of drug-likeness (QED) is 0.866. The molecule has 0 fully saturated rings. The second-order valence-corrected chi connectivity index (χ2v) is 6.46. The second kappa shape index (κ2) is 6.03. The van der Waals surface area contributed by atoms with E-state index < -0.39 is 0 Å². The lowest BCUT2D eigenvalue weighted by Gasteiger charge is -2.33. The molecule has 1 aliphatic carbocycles. The van der Waals surface area contributed by atoms with Crippen molar-refractivity contribution in [3.63, 3.8) is 0 Å². The average Bonchev–Trinajstić information content (AvgIpc) is 2.47. The summed E-state index contributed by atoms with van der Waals surface area (Å²) in [6.07, 6.45) is 3.62. The van der Waals surface area contributed by atoms with Crippen molar-refractivity contribution in [3.8, 4) is 0 Å². The van der Waals surface area contributed by atoms with Crippen molar-refractivity contribution in [2.75, 3.05) is 7.05 Å². The third-order valence-corrected chi connectivity index (χ3v) is 4.91. The average molecular weight is 279 g/mol. The van der Waals surface area contributed by atoms with Gasteiger partial charge in [-0.05, 0) is 68.3 Å². The first-order chi connectivity index (χ1) is 10.2. The molecule has 2 unspecified atom stereocenters. The van der Waals surface area contributed by atoms with Gasteiger partial charge in [-0.15, -0.1) is 0 Å². The van der Waals surface area contributed by atoms with Crippen LogP contribution in [0.3, 0.4) is 0 Å². The molecule has 3 rings (SSSR count). The minimum atomic E-state index is 0.559. The summed E-state index contributed by atoms with van der Waals surface area (Å²) in [5.74, 6) is 0.740. The van der Waals surface area contributed by atoms with Gasteiger partial charge in [-0.3, -0.25) is 0 Å². The Morgan fingerprint density at radius 1 is 1.14 bits per heavy atom. The van der Waals surface area contributed by atoms with Crippen molar-refractivity contribution in [2.24, 2.45) is 0 Å². The highest BCUT2D eigenvalue weighted by Gasteiger charge is 2.27. The molecule has 2 aromatic carbocycles. The molecule has 2 aromatic rings. The summed E-state index contributed by atoms with van der Waals surface area (Å²) in [7, 11) is 2.10. The maximum Gasteiger partial charge on any atom is 0.0110 e. The van der Waals surface area contributed by atoms with Gasteiger partial charge in [0.25, 0.3) is 0 Å². The minimum absolute atomic E-state index is 0.559. The highest BCUT2D eigenvalue weighted by atomic mass is 14.9. The topological polar surface area (TPSA) is 12.0 Å². The summed E-state index contributed by atoms with van der Waals surface area (Å²) >= 11 is 0. The predicted octanol–water partition coefficient (Wildman–Crippen LogP) is 4.16. The fourth-order valence-electron chi connectivity index (χ4n) is 3.51. The lowest BCUT2D eigenvalue weighted by Crippen LogP contribution is -2.32. The Morgan fingerprint density at radius 3 is 2.71 bits per heavy atom. The van der Waals surface area contributed by atoms with Crippen LogP contribution in [-0.4, -0.2) is 13.1 Å². The number of fused-ring (bicyclic) bond motifs is 1. The van der Waals surface area contributed by atoms with Crippen molar-refractivity contribution < 1.29 is 0 Å². The molecule has 1 aliphatic rings. The maximum absolute atomic E-state index is 3.53. The van der Waals surface area contributed by atoms with E-state index in [1.807, 2.05) is 0 Å². The van der Waals surface area contributed by atoms with E-state index in [9.17, 15) is 0 Å². The number of benzene rings is 2. The predicted molar refractivity (Wildman–Crippen MR) is 90.0 cm³/mol. The van der Waals surface area contributed by atoms with E-state index in [2.05, 4.69) is 68.7 Å².